The second-order valence-electron chi connectivity index (χ2n) is 11.2. The van der Waals surface area contributed by atoms with Gasteiger partial charge in [0.25, 0.3) is 5.56 Å². The summed E-state index contributed by atoms with van der Waals surface area (Å²) in [4.78, 5) is 39.2. The molecule has 0 unspecified atom stereocenters. The minimum Gasteiger partial charge on any atom is -0.504 e. The smallest absolute Gasteiger partial charge is 0.276 e. The van der Waals surface area contributed by atoms with Crippen LogP contribution in [0.1, 0.15) is 43.5 Å². The molecule has 1 atom stereocenters. The summed E-state index contributed by atoms with van der Waals surface area (Å²) in [6.07, 6.45) is 2.78. The molecule has 1 aromatic carbocycles. The molecule has 1 aliphatic rings. The van der Waals surface area contributed by atoms with Gasteiger partial charge in [0.2, 0.25) is 11.7 Å². The molecule has 1 N–H and O–H groups in total. The molecule has 9 nitrogen and oxygen atoms in total. The summed E-state index contributed by atoms with van der Waals surface area (Å²) in [5, 5.41) is 19.6. The molecule has 4 aromatic rings. The number of nitriles is 1. The van der Waals surface area contributed by atoms with Crippen LogP contribution in [0.2, 0.25) is 10.0 Å². The molecular formula is C32H27Cl2F3N6O3. The average Bonchev–Trinajstić information content (AvgIpc) is 3.02. The van der Waals surface area contributed by atoms with E-state index in [1.807, 2.05) is 19.9 Å². The second kappa shape index (κ2) is 12.3. The Balaban J connectivity index is 1.94. The molecule has 14 heteroatoms. The van der Waals surface area contributed by atoms with Crippen LogP contribution in [0.3, 0.4) is 0 Å². The van der Waals surface area contributed by atoms with Crippen molar-refractivity contribution in [2.24, 2.45) is 0 Å². The van der Waals surface area contributed by atoms with E-state index in [1.54, 1.807) is 35.9 Å². The Hall–Kier alpha value is -4.60. The number of benzene rings is 1. The van der Waals surface area contributed by atoms with E-state index < -0.39 is 45.0 Å². The summed E-state index contributed by atoms with van der Waals surface area (Å²) < 4.78 is 45.2. The molecule has 0 aliphatic carbocycles. The van der Waals surface area contributed by atoms with Gasteiger partial charge in [-0.1, -0.05) is 43.6 Å². The zero-order valence-corrected chi connectivity index (χ0v) is 26.6. The highest BCUT2D eigenvalue weighted by molar-refractivity contribution is 6.37. The molecular weight excluding hydrogens is 644 g/mol. The highest BCUT2D eigenvalue weighted by Crippen LogP contribution is 2.44. The number of phenolic OH excluding ortho intramolecular Hbond substituents is 1. The van der Waals surface area contributed by atoms with Gasteiger partial charge in [-0.15, -0.1) is 0 Å². The highest BCUT2D eigenvalue weighted by Gasteiger charge is 2.33. The number of anilines is 1. The number of aryl methyl sites for hydroxylation is 1. The molecule has 238 valence electrons. The van der Waals surface area contributed by atoms with Crippen LogP contribution in [0.4, 0.5) is 18.9 Å². The minimum absolute atomic E-state index is 0.117. The van der Waals surface area contributed by atoms with Crippen LogP contribution in [0, 0.1) is 35.7 Å². The Morgan fingerprint density at radius 3 is 2.50 bits per heavy atom. The summed E-state index contributed by atoms with van der Waals surface area (Å²) in [5.41, 5.74) is -0.898. The number of carbonyl (C=O) groups is 1. The number of halogens is 5. The lowest BCUT2D eigenvalue weighted by Gasteiger charge is -2.41. The van der Waals surface area contributed by atoms with E-state index in [4.69, 9.17) is 23.2 Å². The van der Waals surface area contributed by atoms with Crippen LogP contribution in [0.15, 0.2) is 35.8 Å². The summed E-state index contributed by atoms with van der Waals surface area (Å²) in [6.45, 7) is 11.5. The molecule has 1 aliphatic heterocycles. The van der Waals surface area contributed by atoms with E-state index in [1.165, 1.54) is 16.7 Å². The van der Waals surface area contributed by atoms with E-state index in [2.05, 4.69) is 16.5 Å². The third kappa shape index (κ3) is 5.13. The summed E-state index contributed by atoms with van der Waals surface area (Å²) in [5.74, 6) is -7.48. The topological polar surface area (TPSA) is 115 Å². The molecule has 1 amide bonds. The first-order valence-electron chi connectivity index (χ1n) is 14.1. The minimum atomic E-state index is -2.00. The highest BCUT2D eigenvalue weighted by atomic mass is 35.5. The monoisotopic (exact) mass is 670 g/mol. The van der Waals surface area contributed by atoms with Crippen molar-refractivity contribution in [3.63, 3.8) is 0 Å². The number of fused-ring (bicyclic) bond motifs is 1. The first kappa shape index (κ1) is 32.8. The lowest BCUT2D eigenvalue weighted by atomic mass is 10.0. The van der Waals surface area contributed by atoms with Gasteiger partial charge in [-0.2, -0.15) is 9.65 Å². The van der Waals surface area contributed by atoms with Crippen LogP contribution in [0.25, 0.3) is 28.0 Å². The Morgan fingerprint density at radius 2 is 1.89 bits per heavy atom. The zero-order valence-electron chi connectivity index (χ0n) is 25.1. The van der Waals surface area contributed by atoms with E-state index >= 15 is 4.39 Å². The molecule has 5 rings (SSSR count). The van der Waals surface area contributed by atoms with Crippen molar-refractivity contribution < 1.29 is 23.1 Å². The van der Waals surface area contributed by atoms with Gasteiger partial charge >= 0.3 is 0 Å². The number of carbonyl (C=O) groups excluding carboxylic acids is 1. The fourth-order valence-electron chi connectivity index (χ4n) is 5.80. The Morgan fingerprint density at radius 1 is 1.20 bits per heavy atom. The normalized spacial score (nSPS) is 15.0. The lowest BCUT2D eigenvalue weighted by Crippen LogP contribution is -2.54. The van der Waals surface area contributed by atoms with Gasteiger partial charge in [0.15, 0.2) is 17.4 Å². The van der Waals surface area contributed by atoms with E-state index in [0.717, 1.165) is 0 Å². The van der Waals surface area contributed by atoms with Crippen LogP contribution >= 0.6 is 23.2 Å². The maximum atomic E-state index is 15.3. The number of piperazine rings is 1. The van der Waals surface area contributed by atoms with Gasteiger partial charge in [0, 0.05) is 37.3 Å². The number of hydrogen-bond acceptors (Lipinski definition) is 7. The molecule has 46 heavy (non-hydrogen) atoms. The molecule has 0 saturated carbocycles. The third-order valence-corrected chi connectivity index (χ3v) is 8.65. The standard InChI is InChI=1S/C32H27Cl2F3N6O3/c1-6-20(44)42-10-9-41(13-16(42)5)29-17-11-19(33)27(21-22(34)30(45)25(37)24(36)23(21)35)40-31(17)43(32(46)18(29)12-38)28-15(4)7-8-39-26(28)14(2)3/h6-8,11,14,16,45H,1,9-10,13H2,2-5H3/t16-/m1/s1. The number of hydrogen-bond donors (Lipinski definition) is 1. The van der Waals surface area contributed by atoms with Crippen molar-refractivity contribution in [1.82, 2.24) is 19.4 Å². The van der Waals surface area contributed by atoms with Crippen molar-refractivity contribution in [3.8, 4) is 28.8 Å². The Labute approximate surface area is 271 Å². The van der Waals surface area contributed by atoms with Crippen molar-refractivity contribution in [1.29, 1.82) is 5.26 Å². The Kier molecular flexibility index (Phi) is 8.77. The molecule has 1 saturated heterocycles. The van der Waals surface area contributed by atoms with Crippen LogP contribution in [-0.2, 0) is 4.79 Å². The number of aromatic hydroxyl groups is 1. The maximum absolute atomic E-state index is 15.3. The molecule has 1 fully saturated rings. The number of aromatic nitrogens is 3. The largest absolute Gasteiger partial charge is 0.504 e. The summed E-state index contributed by atoms with van der Waals surface area (Å²) in [6, 6.07) is 4.67. The number of amides is 1. The second-order valence-corrected chi connectivity index (χ2v) is 12.0. The first-order chi connectivity index (χ1) is 21.7. The first-order valence-corrected chi connectivity index (χ1v) is 14.9. The van der Waals surface area contributed by atoms with Crippen LogP contribution < -0.4 is 10.5 Å². The quantitative estimate of drug-likeness (QED) is 0.148. The average molecular weight is 672 g/mol. The van der Waals surface area contributed by atoms with Gasteiger partial charge in [-0.05, 0) is 43.5 Å². The molecule has 0 bridgehead atoms. The predicted molar refractivity (Wildman–Crippen MR) is 169 cm³/mol. The van der Waals surface area contributed by atoms with E-state index in [9.17, 15) is 28.7 Å². The maximum Gasteiger partial charge on any atom is 0.276 e. The Bertz CT molecular complexity index is 2030. The van der Waals surface area contributed by atoms with Crippen LogP contribution in [0.5, 0.6) is 5.75 Å². The van der Waals surface area contributed by atoms with Crippen molar-refractivity contribution in [3.05, 3.63) is 85.7 Å². The number of pyridine rings is 3. The van der Waals surface area contributed by atoms with Crippen molar-refractivity contribution >= 4 is 45.8 Å². The molecule has 0 radical (unpaired) electrons. The summed E-state index contributed by atoms with van der Waals surface area (Å²) in [7, 11) is 0. The van der Waals surface area contributed by atoms with E-state index in [0.29, 0.717) is 16.9 Å². The SMILES string of the molecule is C=CC(=O)N1CCN(c2c(C#N)c(=O)n(-c3c(C)ccnc3C(C)C)c3nc(-c4c(F)c(F)c(F)c(O)c4Cl)c(Cl)cc23)C[C@H]1C. The number of nitrogens with zero attached hydrogens (tertiary/aromatic N) is 6. The van der Waals surface area contributed by atoms with Gasteiger partial charge in [-0.3, -0.25) is 19.1 Å². The molecule has 0 spiro atoms. The van der Waals surface area contributed by atoms with Gasteiger partial charge in [0.1, 0.15) is 17.3 Å². The number of phenols is 1. The van der Waals surface area contributed by atoms with Gasteiger partial charge < -0.3 is 14.9 Å². The third-order valence-electron chi connectivity index (χ3n) is 7.99. The number of rotatable bonds is 5. The van der Waals surface area contributed by atoms with Crippen LogP contribution in [-0.4, -0.2) is 56.1 Å². The van der Waals surface area contributed by atoms with E-state index in [-0.39, 0.29) is 64.8 Å². The fraction of sp³-hybridized carbons (Fsp3) is 0.281. The van der Waals surface area contributed by atoms with Gasteiger partial charge in [-0.25, -0.2) is 13.8 Å². The van der Waals surface area contributed by atoms with Crippen molar-refractivity contribution in [2.45, 2.75) is 39.7 Å². The summed E-state index contributed by atoms with van der Waals surface area (Å²) >= 11 is 12.8. The lowest BCUT2D eigenvalue weighted by molar-refractivity contribution is -0.128. The zero-order chi connectivity index (χ0) is 33.8. The predicted octanol–water partition coefficient (Wildman–Crippen LogP) is 6.40. The molecule has 4 heterocycles. The van der Waals surface area contributed by atoms with Crippen molar-refractivity contribution in [2.75, 3.05) is 24.5 Å². The fourth-order valence-corrected chi connectivity index (χ4v) is 6.30. The molecule has 3 aromatic heterocycles. The van der Waals surface area contributed by atoms with Gasteiger partial charge in [0.05, 0.1) is 38.4 Å².